The molecule has 0 spiro atoms. The zero-order valence-electron chi connectivity index (χ0n) is 12.8. The van der Waals surface area contributed by atoms with Crippen LogP contribution in [0, 0.1) is 0 Å². The van der Waals surface area contributed by atoms with E-state index in [0.717, 1.165) is 17.0 Å². The molecule has 0 saturated heterocycles. The van der Waals surface area contributed by atoms with Gasteiger partial charge in [-0.1, -0.05) is 12.1 Å². The van der Waals surface area contributed by atoms with Crippen LogP contribution in [0.15, 0.2) is 47.1 Å². The molecular formula is C17H19NO3S. The standard InChI is InChI=1S/C17H19NO3S/c1-10(17(19)20)11-4-7-15-14(8-11)18(2)13-6-5-12(21-3)9-16(13)22-15/h4-10,13,16H,1-3H3,(H,19,20). The van der Waals surface area contributed by atoms with E-state index in [2.05, 4.69) is 24.1 Å². The lowest BCUT2D eigenvalue weighted by molar-refractivity contribution is -0.138. The normalized spacial score (nSPS) is 24.1. The molecule has 0 fully saturated rings. The maximum atomic E-state index is 11.2. The van der Waals surface area contributed by atoms with Crippen LogP contribution in [-0.4, -0.2) is 36.5 Å². The average Bonchev–Trinajstić information content (AvgIpc) is 2.53. The SMILES string of the molecule is COC1=CC2Sc3ccc(C(C)C(=O)O)cc3N(C)C2C=C1. The fourth-order valence-corrected chi connectivity index (χ4v) is 4.22. The lowest BCUT2D eigenvalue weighted by Gasteiger charge is -2.40. The lowest BCUT2D eigenvalue weighted by atomic mass is 9.99. The number of carbonyl (C=O) groups is 1. The van der Waals surface area contributed by atoms with Crippen molar-refractivity contribution >= 4 is 23.4 Å². The first-order valence-electron chi connectivity index (χ1n) is 7.21. The molecule has 0 saturated carbocycles. The molecule has 3 rings (SSSR count). The number of carboxylic acid groups (broad SMARTS) is 1. The molecule has 0 radical (unpaired) electrons. The van der Waals surface area contributed by atoms with E-state index in [1.54, 1.807) is 25.8 Å². The number of nitrogens with zero attached hydrogens (tertiary/aromatic N) is 1. The van der Waals surface area contributed by atoms with Crippen LogP contribution in [0.1, 0.15) is 18.4 Å². The molecule has 5 heteroatoms. The molecule has 1 N–H and O–H groups in total. The number of methoxy groups -OCH3 is 1. The molecule has 1 aromatic carbocycles. The molecule has 1 heterocycles. The monoisotopic (exact) mass is 317 g/mol. The minimum Gasteiger partial charge on any atom is -0.497 e. The Hall–Kier alpha value is -1.88. The van der Waals surface area contributed by atoms with Crippen LogP contribution in [0.2, 0.25) is 0 Å². The topological polar surface area (TPSA) is 49.8 Å². The van der Waals surface area contributed by atoms with E-state index in [1.807, 2.05) is 24.3 Å². The Balaban J connectivity index is 1.96. The molecule has 3 unspecified atom stereocenters. The van der Waals surface area contributed by atoms with E-state index >= 15 is 0 Å². The summed E-state index contributed by atoms with van der Waals surface area (Å²) in [7, 11) is 3.74. The van der Waals surface area contributed by atoms with E-state index < -0.39 is 11.9 Å². The fraction of sp³-hybridized carbons (Fsp3) is 0.353. The highest BCUT2D eigenvalue weighted by Gasteiger charge is 2.33. The van der Waals surface area contributed by atoms with Gasteiger partial charge in [0.2, 0.25) is 0 Å². The van der Waals surface area contributed by atoms with Gasteiger partial charge in [-0.3, -0.25) is 4.79 Å². The summed E-state index contributed by atoms with van der Waals surface area (Å²) in [5.74, 6) is -0.404. The van der Waals surface area contributed by atoms with Gasteiger partial charge in [0, 0.05) is 11.9 Å². The highest BCUT2D eigenvalue weighted by Crippen LogP contribution is 2.44. The number of fused-ring (bicyclic) bond motifs is 2. The Bertz CT molecular complexity index is 668. The first-order valence-corrected chi connectivity index (χ1v) is 8.09. The van der Waals surface area contributed by atoms with Gasteiger partial charge in [-0.05, 0) is 36.8 Å². The first kappa shape index (κ1) is 15.0. The quantitative estimate of drug-likeness (QED) is 0.927. The van der Waals surface area contributed by atoms with Gasteiger partial charge in [0.15, 0.2) is 0 Å². The smallest absolute Gasteiger partial charge is 0.310 e. The Morgan fingerprint density at radius 2 is 2.23 bits per heavy atom. The highest BCUT2D eigenvalue weighted by atomic mass is 32.2. The molecule has 0 aromatic heterocycles. The van der Waals surface area contributed by atoms with Crippen molar-refractivity contribution < 1.29 is 14.6 Å². The Kier molecular flexibility index (Phi) is 3.91. The predicted molar refractivity (Wildman–Crippen MR) is 88.6 cm³/mol. The summed E-state index contributed by atoms with van der Waals surface area (Å²) in [4.78, 5) is 14.6. The van der Waals surface area contributed by atoms with Crippen LogP contribution in [0.4, 0.5) is 5.69 Å². The molecule has 2 aliphatic rings. The van der Waals surface area contributed by atoms with Crippen LogP contribution in [0.5, 0.6) is 0 Å². The number of hydrogen-bond donors (Lipinski definition) is 1. The Morgan fingerprint density at radius 1 is 1.45 bits per heavy atom. The van der Waals surface area contributed by atoms with Crippen molar-refractivity contribution in [3.8, 4) is 0 Å². The number of likely N-dealkylation sites (N-methyl/N-ethyl adjacent to an activating group) is 1. The molecule has 4 nitrogen and oxygen atoms in total. The highest BCUT2D eigenvalue weighted by molar-refractivity contribution is 8.00. The molecule has 0 bridgehead atoms. The fourth-order valence-electron chi connectivity index (χ4n) is 2.84. The van der Waals surface area contributed by atoms with Crippen molar-refractivity contribution in [1.29, 1.82) is 0 Å². The summed E-state index contributed by atoms with van der Waals surface area (Å²) < 4.78 is 5.32. The molecule has 116 valence electrons. The zero-order chi connectivity index (χ0) is 15.9. The maximum absolute atomic E-state index is 11.2. The van der Waals surface area contributed by atoms with Crippen molar-refractivity contribution in [2.45, 2.75) is 29.0 Å². The number of benzene rings is 1. The van der Waals surface area contributed by atoms with Gasteiger partial charge in [-0.15, -0.1) is 11.8 Å². The summed E-state index contributed by atoms with van der Waals surface area (Å²) >= 11 is 1.80. The lowest BCUT2D eigenvalue weighted by Crippen LogP contribution is -2.42. The summed E-state index contributed by atoms with van der Waals surface area (Å²) in [5, 5.41) is 9.50. The third-order valence-electron chi connectivity index (χ3n) is 4.30. The van der Waals surface area contributed by atoms with Crippen molar-refractivity contribution in [2.24, 2.45) is 0 Å². The number of ether oxygens (including phenoxy) is 1. The van der Waals surface area contributed by atoms with Crippen LogP contribution in [-0.2, 0) is 9.53 Å². The Morgan fingerprint density at radius 3 is 2.91 bits per heavy atom. The molecule has 3 atom stereocenters. The van der Waals surface area contributed by atoms with E-state index in [-0.39, 0.29) is 6.04 Å². The molecule has 1 aliphatic carbocycles. The molecular weight excluding hydrogens is 298 g/mol. The average molecular weight is 317 g/mol. The van der Waals surface area contributed by atoms with Gasteiger partial charge in [0.05, 0.1) is 30.0 Å². The van der Waals surface area contributed by atoms with Crippen LogP contribution < -0.4 is 4.90 Å². The number of aliphatic carboxylic acids is 1. The number of anilines is 1. The zero-order valence-corrected chi connectivity index (χ0v) is 13.6. The second-order valence-electron chi connectivity index (χ2n) is 5.60. The summed E-state index contributed by atoms with van der Waals surface area (Å²) in [6.45, 7) is 1.72. The van der Waals surface area contributed by atoms with Gasteiger partial charge in [0.25, 0.3) is 0 Å². The maximum Gasteiger partial charge on any atom is 0.310 e. The number of hydrogen-bond acceptors (Lipinski definition) is 4. The second kappa shape index (κ2) is 5.72. The van der Waals surface area contributed by atoms with Crippen LogP contribution in [0.3, 0.4) is 0 Å². The number of rotatable bonds is 3. The predicted octanol–water partition coefficient (Wildman–Crippen LogP) is 3.25. The summed E-state index contributed by atoms with van der Waals surface area (Å²) in [6, 6.07) is 6.20. The van der Waals surface area contributed by atoms with E-state index in [0.29, 0.717) is 5.25 Å². The molecule has 1 aromatic rings. The third-order valence-corrected chi connectivity index (χ3v) is 5.59. The van der Waals surface area contributed by atoms with Crippen LogP contribution >= 0.6 is 11.8 Å². The van der Waals surface area contributed by atoms with Crippen molar-refractivity contribution in [3.63, 3.8) is 0 Å². The van der Waals surface area contributed by atoms with E-state index in [1.165, 1.54) is 4.90 Å². The second-order valence-corrected chi connectivity index (χ2v) is 6.82. The third kappa shape index (κ3) is 2.50. The van der Waals surface area contributed by atoms with Gasteiger partial charge >= 0.3 is 5.97 Å². The van der Waals surface area contributed by atoms with E-state index in [4.69, 9.17) is 4.74 Å². The number of allylic oxidation sites excluding steroid dienone is 1. The number of carboxylic acids is 1. The van der Waals surface area contributed by atoms with Crippen molar-refractivity contribution in [1.82, 2.24) is 0 Å². The van der Waals surface area contributed by atoms with Gasteiger partial charge in [0.1, 0.15) is 5.76 Å². The summed E-state index contributed by atoms with van der Waals surface area (Å²) in [6.07, 6.45) is 6.28. The largest absolute Gasteiger partial charge is 0.497 e. The Labute approximate surface area is 134 Å². The van der Waals surface area contributed by atoms with Crippen molar-refractivity contribution in [3.05, 3.63) is 47.7 Å². The van der Waals surface area contributed by atoms with E-state index in [9.17, 15) is 9.90 Å². The first-order chi connectivity index (χ1) is 10.5. The molecule has 22 heavy (non-hydrogen) atoms. The number of thioether (sulfide) groups is 1. The molecule has 1 aliphatic heterocycles. The molecule has 0 amide bonds. The van der Waals surface area contributed by atoms with Gasteiger partial charge < -0.3 is 14.7 Å². The summed E-state index contributed by atoms with van der Waals surface area (Å²) in [5.41, 5.74) is 1.93. The van der Waals surface area contributed by atoms with Crippen LogP contribution in [0.25, 0.3) is 0 Å². The van der Waals surface area contributed by atoms with Crippen molar-refractivity contribution in [2.75, 3.05) is 19.1 Å². The minimum absolute atomic E-state index is 0.256. The minimum atomic E-state index is -0.797. The van der Waals surface area contributed by atoms with Gasteiger partial charge in [-0.25, -0.2) is 0 Å². The van der Waals surface area contributed by atoms with Gasteiger partial charge in [-0.2, -0.15) is 0 Å².